The molecule has 0 radical (unpaired) electrons. The van der Waals surface area contributed by atoms with Gasteiger partial charge in [0, 0.05) is 12.0 Å². The second kappa shape index (κ2) is 17.6. The third-order valence-corrected chi connectivity index (χ3v) is 7.47. The maximum atomic E-state index is 13.6. The van der Waals surface area contributed by atoms with Crippen LogP contribution < -0.4 is 0 Å². The maximum Gasteiger partial charge on any atom is 0.338 e. The van der Waals surface area contributed by atoms with Gasteiger partial charge >= 0.3 is 5.97 Å². The first-order valence-electron chi connectivity index (χ1n) is 15.4. The van der Waals surface area contributed by atoms with Gasteiger partial charge in [-0.1, -0.05) is 140 Å². The molecule has 0 amide bonds. The first-order chi connectivity index (χ1) is 22.7. The summed E-state index contributed by atoms with van der Waals surface area (Å²) >= 11 is 0. The number of Topliss-reactive ketones (excluding diaryl/α,β-unsaturated/α-hetero) is 1. The minimum atomic E-state index is -0.899. The highest BCUT2D eigenvalue weighted by Crippen LogP contribution is 2.23. The largest absolute Gasteiger partial charge is 0.453 e. The van der Waals surface area contributed by atoms with E-state index in [1.54, 1.807) is 36.4 Å². The zero-order chi connectivity index (χ0) is 31.8. The van der Waals surface area contributed by atoms with Crippen LogP contribution in [0.15, 0.2) is 152 Å². The lowest BCUT2D eigenvalue weighted by molar-refractivity contribution is -0.148. The Morgan fingerprint density at radius 3 is 1.43 bits per heavy atom. The fourth-order valence-corrected chi connectivity index (χ4v) is 5.04. The minimum Gasteiger partial charge on any atom is -0.453 e. The van der Waals surface area contributed by atoms with Crippen molar-refractivity contribution in [2.45, 2.75) is 44.6 Å². The van der Waals surface area contributed by atoms with Gasteiger partial charge in [0.15, 0.2) is 11.9 Å². The Morgan fingerprint density at radius 1 is 0.478 bits per heavy atom. The van der Waals surface area contributed by atoms with E-state index in [1.165, 1.54) is 0 Å². The van der Waals surface area contributed by atoms with Crippen LogP contribution in [0.25, 0.3) is 0 Å². The van der Waals surface area contributed by atoms with Crippen molar-refractivity contribution in [3.05, 3.63) is 179 Å². The van der Waals surface area contributed by atoms with Gasteiger partial charge in [-0.25, -0.2) is 4.79 Å². The molecule has 5 aromatic carbocycles. The number of ether oxygens (including phenoxy) is 4. The second-order valence-corrected chi connectivity index (χ2v) is 10.9. The lowest BCUT2D eigenvalue weighted by Crippen LogP contribution is -2.46. The van der Waals surface area contributed by atoms with Gasteiger partial charge in [-0.15, -0.1) is 0 Å². The lowest BCUT2D eigenvalue weighted by Gasteiger charge is -2.33. The summed E-state index contributed by atoms with van der Waals surface area (Å²) in [4.78, 5) is 27.1. The summed E-state index contributed by atoms with van der Waals surface area (Å²) in [7, 11) is 0. The van der Waals surface area contributed by atoms with Crippen LogP contribution in [0.3, 0.4) is 0 Å². The highest BCUT2D eigenvalue weighted by molar-refractivity contribution is 5.96. The topological polar surface area (TPSA) is 71.1 Å². The van der Waals surface area contributed by atoms with E-state index < -0.39 is 24.3 Å². The van der Waals surface area contributed by atoms with E-state index in [9.17, 15) is 9.59 Å². The number of ketones is 1. The first kappa shape index (κ1) is 32.5. The van der Waals surface area contributed by atoms with Crippen LogP contribution in [0.2, 0.25) is 0 Å². The van der Waals surface area contributed by atoms with Gasteiger partial charge in [0.05, 0.1) is 38.1 Å². The van der Waals surface area contributed by atoms with Crippen LogP contribution in [0.1, 0.15) is 43.8 Å². The van der Waals surface area contributed by atoms with Gasteiger partial charge in [0.25, 0.3) is 0 Å². The normalized spacial score (nSPS) is 13.0. The average Bonchev–Trinajstić information content (AvgIpc) is 3.12. The third kappa shape index (κ3) is 10.1. The average molecular weight is 615 g/mol. The van der Waals surface area contributed by atoms with Crippen molar-refractivity contribution >= 4 is 11.8 Å². The van der Waals surface area contributed by atoms with Gasteiger partial charge in [-0.2, -0.15) is 0 Å². The van der Waals surface area contributed by atoms with Crippen molar-refractivity contribution in [1.82, 2.24) is 0 Å². The van der Waals surface area contributed by atoms with Crippen LogP contribution in [0.4, 0.5) is 0 Å². The molecule has 0 bridgehead atoms. The molecule has 0 unspecified atom stereocenters. The van der Waals surface area contributed by atoms with E-state index >= 15 is 0 Å². The van der Waals surface area contributed by atoms with E-state index in [1.807, 2.05) is 115 Å². The van der Waals surface area contributed by atoms with Crippen LogP contribution in [0.5, 0.6) is 0 Å². The Hall–Kier alpha value is -4.88. The summed E-state index contributed by atoms with van der Waals surface area (Å²) in [5, 5.41) is 0. The van der Waals surface area contributed by atoms with Crippen molar-refractivity contribution in [3.8, 4) is 0 Å². The summed E-state index contributed by atoms with van der Waals surface area (Å²) in [6.07, 6.45) is -2.51. The zero-order valence-corrected chi connectivity index (χ0v) is 25.7. The number of benzene rings is 5. The van der Waals surface area contributed by atoms with E-state index in [0.717, 1.165) is 16.7 Å². The molecule has 0 saturated carbocycles. The van der Waals surface area contributed by atoms with E-state index in [2.05, 4.69) is 0 Å². The van der Waals surface area contributed by atoms with Crippen LogP contribution in [0, 0.1) is 0 Å². The first-order valence-corrected chi connectivity index (χ1v) is 15.4. The van der Waals surface area contributed by atoms with Crippen molar-refractivity contribution in [1.29, 1.82) is 0 Å². The molecule has 0 N–H and O–H groups in total. The maximum absolute atomic E-state index is 13.6. The van der Waals surface area contributed by atoms with Crippen molar-refractivity contribution < 1.29 is 28.5 Å². The molecule has 6 nitrogen and oxygen atoms in total. The molecule has 3 atom stereocenters. The molecule has 5 rings (SSSR count). The SMILES string of the molecule is O=C(C[C@H](OCc1ccccc1)[C@@H](OCc1ccccc1)[C@H](COCc1ccccc1)OC(=O)c1ccccc1)c1ccccc1. The molecule has 0 saturated heterocycles. The third-order valence-electron chi connectivity index (χ3n) is 7.47. The quantitative estimate of drug-likeness (QED) is 0.0784. The van der Waals surface area contributed by atoms with Gasteiger partial charge < -0.3 is 18.9 Å². The number of hydrogen-bond acceptors (Lipinski definition) is 6. The predicted octanol–water partition coefficient (Wildman–Crippen LogP) is 7.87. The van der Waals surface area contributed by atoms with Crippen molar-refractivity contribution in [2.75, 3.05) is 6.61 Å². The summed E-state index contributed by atoms with van der Waals surface area (Å²) < 4.78 is 25.4. The molecule has 0 aliphatic heterocycles. The fraction of sp³-hybridized carbons (Fsp3) is 0.200. The highest BCUT2D eigenvalue weighted by Gasteiger charge is 2.36. The van der Waals surface area contributed by atoms with Crippen molar-refractivity contribution in [2.24, 2.45) is 0 Å². The summed E-state index contributed by atoms with van der Waals surface area (Å²) in [5.41, 5.74) is 3.82. The molecule has 0 fully saturated rings. The Kier molecular flexibility index (Phi) is 12.4. The fourth-order valence-electron chi connectivity index (χ4n) is 5.04. The molecule has 234 valence electrons. The van der Waals surface area contributed by atoms with E-state index in [0.29, 0.717) is 17.7 Å². The number of esters is 1. The molecular weight excluding hydrogens is 576 g/mol. The predicted molar refractivity (Wildman–Crippen MR) is 177 cm³/mol. The Bertz CT molecular complexity index is 1600. The summed E-state index contributed by atoms with van der Waals surface area (Å²) in [6, 6.07) is 47.2. The molecule has 0 aliphatic rings. The number of carbonyl (C=O) groups excluding carboxylic acids is 2. The van der Waals surface area contributed by atoms with Crippen LogP contribution in [-0.4, -0.2) is 36.7 Å². The van der Waals surface area contributed by atoms with E-state index in [4.69, 9.17) is 18.9 Å². The standard InChI is InChI=1S/C40H38O6/c41-36(34-22-12-4-13-23-34)26-37(44-28-32-18-8-2-9-19-32)39(45-29-33-20-10-3-11-21-33)38(30-43-27-31-16-6-1-7-17-31)46-40(42)35-24-14-5-15-25-35/h1-25,37-39H,26-30H2/t37-,38-,39+/m0/s1. The van der Waals surface area contributed by atoms with Crippen LogP contribution >= 0.6 is 0 Å². The molecule has 0 aliphatic carbocycles. The molecular formula is C40H38O6. The minimum absolute atomic E-state index is 0.00831. The zero-order valence-electron chi connectivity index (χ0n) is 25.7. The Balaban J connectivity index is 1.47. The molecule has 5 aromatic rings. The molecule has 6 heteroatoms. The molecule has 46 heavy (non-hydrogen) atoms. The molecule has 0 spiro atoms. The highest BCUT2D eigenvalue weighted by atomic mass is 16.6. The molecule has 0 heterocycles. The van der Waals surface area contributed by atoms with E-state index in [-0.39, 0.29) is 32.0 Å². The van der Waals surface area contributed by atoms with Gasteiger partial charge in [0.2, 0.25) is 0 Å². The monoisotopic (exact) mass is 614 g/mol. The number of carbonyl (C=O) groups is 2. The van der Waals surface area contributed by atoms with Gasteiger partial charge in [0.1, 0.15) is 6.10 Å². The Labute approximate surface area is 270 Å². The molecule has 0 aromatic heterocycles. The lowest BCUT2D eigenvalue weighted by atomic mass is 9.98. The van der Waals surface area contributed by atoms with Crippen molar-refractivity contribution in [3.63, 3.8) is 0 Å². The second-order valence-electron chi connectivity index (χ2n) is 10.9. The number of rotatable bonds is 17. The van der Waals surface area contributed by atoms with Gasteiger partial charge in [-0.05, 0) is 28.8 Å². The van der Waals surface area contributed by atoms with Crippen LogP contribution in [-0.2, 0) is 38.8 Å². The Morgan fingerprint density at radius 2 is 0.913 bits per heavy atom. The smallest absolute Gasteiger partial charge is 0.338 e. The number of hydrogen-bond donors (Lipinski definition) is 0. The summed E-state index contributed by atoms with van der Waals surface area (Å²) in [6.45, 7) is 0.791. The van der Waals surface area contributed by atoms with Gasteiger partial charge in [-0.3, -0.25) is 4.79 Å². The summed E-state index contributed by atoms with van der Waals surface area (Å²) in [5.74, 6) is -0.622.